The summed E-state index contributed by atoms with van der Waals surface area (Å²) in [6.07, 6.45) is 2.19. The highest BCUT2D eigenvalue weighted by molar-refractivity contribution is 6.34. The van der Waals surface area contributed by atoms with Crippen LogP contribution in [0.15, 0.2) is 24.3 Å². The maximum atomic E-state index is 10.5. The molecule has 1 heterocycles. The second kappa shape index (κ2) is 5.16. The van der Waals surface area contributed by atoms with Crippen molar-refractivity contribution in [3.63, 3.8) is 0 Å². The first-order chi connectivity index (χ1) is 8.58. The summed E-state index contributed by atoms with van der Waals surface area (Å²) >= 11 is 11.9. The van der Waals surface area contributed by atoms with E-state index in [1.807, 2.05) is 0 Å². The maximum Gasteiger partial charge on any atom is 0.328 e. The van der Waals surface area contributed by atoms with E-state index in [4.69, 9.17) is 28.3 Å². The maximum absolute atomic E-state index is 10.5. The molecule has 0 saturated heterocycles. The zero-order valence-corrected chi connectivity index (χ0v) is 10.3. The molecule has 0 aliphatic rings. The van der Waals surface area contributed by atoms with Gasteiger partial charge in [0.1, 0.15) is 0 Å². The fourth-order valence-electron chi connectivity index (χ4n) is 1.26. The largest absolute Gasteiger partial charge is 0.478 e. The minimum Gasteiger partial charge on any atom is -0.478 e. The van der Waals surface area contributed by atoms with Gasteiger partial charge in [-0.15, -0.1) is 5.10 Å². The van der Waals surface area contributed by atoms with Gasteiger partial charge in [0.15, 0.2) is 5.82 Å². The Balaban J connectivity index is 2.48. The molecule has 1 N–H and O–H groups in total. The van der Waals surface area contributed by atoms with Gasteiger partial charge in [-0.1, -0.05) is 23.2 Å². The Morgan fingerprint density at radius 2 is 2.17 bits per heavy atom. The number of rotatable bonds is 3. The van der Waals surface area contributed by atoms with Crippen molar-refractivity contribution >= 4 is 35.2 Å². The van der Waals surface area contributed by atoms with Gasteiger partial charge in [-0.3, -0.25) is 0 Å². The third kappa shape index (κ3) is 2.66. The molecule has 0 amide bonds. The summed E-state index contributed by atoms with van der Waals surface area (Å²) in [5.74, 6) is -0.858. The standard InChI is InChI=1S/C10H6Cl2N4O2/c11-6-1-2-7(12)8(5-6)16-9(13-14-15-16)3-4-10(17)18/h1-5H,(H,17,18)/b4-3+. The molecule has 1 aromatic heterocycles. The molecule has 0 saturated carbocycles. The summed E-state index contributed by atoms with van der Waals surface area (Å²) in [7, 11) is 0. The van der Waals surface area contributed by atoms with Gasteiger partial charge < -0.3 is 5.11 Å². The SMILES string of the molecule is O=C(O)/C=C/c1nnnn1-c1cc(Cl)ccc1Cl. The third-order valence-corrected chi connectivity index (χ3v) is 2.56. The first-order valence-electron chi connectivity index (χ1n) is 4.73. The van der Waals surface area contributed by atoms with Gasteiger partial charge in [0.05, 0.1) is 10.7 Å². The fourth-order valence-corrected chi connectivity index (χ4v) is 1.63. The number of hydrogen-bond acceptors (Lipinski definition) is 4. The lowest BCUT2D eigenvalue weighted by Crippen LogP contribution is -2.01. The molecule has 8 heteroatoms. The highest BCUT2D eigenvalue weighted by Gasteiger charge is 2.10. The van der Waals surface area contributed by atoms with Crippen molar-refractivity contribution < 1.29 is 9.90 Å². The average Bonchev–Trinajstić information content (AvgIpc) is 2.77. The Labute approximate surface area is 111 Å². The number of aromatic nitrogens is 4. The topological polar surface area (TPSA) is 80.9 Å². The van der Waals surface area contributed by atoms with Crippen molar-refractivity contribution in [2.24, 2.45) is 0 Å². The van der Waals surface area contributed by atoms with Crippen LogP contribution >= 0.6 is 23.2 Å². The normalized spacial score (nSPS) is 11.0. The quantitative estimate of drug-likeness (QED) is 0.873. The number of benzene rings is 1. The van der Waals surface area contributed by atoms with Gasteiger partial charge in [-0.05, 0) is 34.7 Å². The molecule has 0 spiro atoms. The smallest absolute Gasteiger partial charge is 0.328 e. The summed E-state index contributed by atoms with van der Waals surface area (Å²) in [4.78, 5) is 10.5. The monoisotopic (exact) mass is 284 g/mol. The molecule has 92 valence electrons. The highest BCUT2D eigenvalue weighted by atomic mass is 35.5. The molecule has 6 nitrogen and oxygen atoms in total. The van der Waals surface area contributed by atoms with Crippen molar-refractivity contribution in [3.05, 3.63) is 40.1 Å². The molecule has 0 unspecified atom stereocenters. The molecule has 0 bridgehead atoms. The molecular formula is C10H6Cl2N4O2. The lowest BCUT2D eigenvalue weighted by molar-refractivity contribution is -0.131. The van der Waals surface area contributed by atoms with Crippen LogP contribution in [0.5, 0.6) is 0 Å². The molecule has 2 aromatic rings. The van der Waals surface area contributed by atoms with Crippen LogP contribution in [0.1, 0.15) is 5.82 Å². The van der Waals surface area contributed by atoms with Crippen molar-refractivity contribution in [1.82, 2.24) is 20.2 Å². The fraction of sp³-hybridized carbons (Fsp3) is 0. The predicted molar refractivity (Wildman–Crippen MR) is 65.8 cm³/mol. The molecule has 1 aromatic carbocycles. The van der Waals surface area contributed by atoms with E-state index in [1.165, 1.54) is 10.8 Å². The van der Waals surface area contributed by atoms with Crippen LogP contribution in [-0.2, 0) is 4.79 Å². The molecular weight excluding hydrogens is 279 g/mol. The van der Waals surface area contributed by atoms with E-state index < -0.39 is 5.97 Å². The molecule has 0 fully saturated rings. The number of carboxylic acid groups (broad SMARTS) is 1. The van der Waals surface area contributed by atoms with Crippen LogP contribution < -0.4 is 0 Å². The number of tetrazole rings is 1. The molecule has 18 heavy (non-hydrogen) atoms. The van der Waals surface area contributed by atoms with E-state index in [-0.39, 0.29) is 5.82 Å². The van der Waals surface area contributed by atoms with Crippen LogP contribution in [0.25, 0.3) is 11.8 Å². The summed E-state index contributed by atoms with van der Waals surface area (Å²) in [6.45, 7) is 0. The Hall–Kier alpha value is -1.92. The zero-order chi connectivity index (χ0) is 13.1. The number of halogens is 2. The minimum atomic E-state index is -1.10. The number of aliphatic carboxylic acids is 1. The molecule has 2 rings (SSSR count). The highest BCUT2D eigenvalue weighted by Crippen LogP contribution is 2.24. The summed E-state index contributed by atoms with van der Waals surface area (Å²) < 4.78 is 1.30. The third-order valence-electron chi connectivity index (χ3n) is 2.00. The second-order valence-electron chi connectivity index (χ2n) is 3.22. The van der Waals surface area contributed by atoms with E-state index in [0.29, 0.717) is 15.7 Å². The number of nitrogens with zero attached hydrogens (tertiary/aromatic N) is 4. The van der Waals surface area contributed by atoms with E-state index in [2.05, 4.69) is 15.5 Å². The number of carboxylic acids is 1. The average molecular weight is 285 g/mol. The molecule has 0 aliphatic carbocycles. The van der Waals surface area contributed by atoms with Gasteiger partial charge in [0, 0.05) is 11.1 Å². The van der Waals surface area contributed by atoms with Gasteiger partial charge in [0.25, 0.3) is 0 Å². The number of carbonyl (C=O) groups is 1. The van der Waals surface area contributed by atoms with Crippen LogP contribution in [0.2, 0.25) is 10.0 Å². The van der Waals surface area contributed by atoms with E-state index in [9.17, 15) is 4.79 Å². The summed E-state index contributed by atoms with van der Waals surface area (Å²) in [5.41, 5.74) is 0.471. The first kappa shape index (κ1) is 12.5. The second-order valence-corrected chi connectivity index (χ2v) is 4.06. The zero-order valence-electron chi connectivity index (χ0n) is 8.79. The number of hydrogen-bond donors (Lipinski definition) is 1. The summed E-state index contributed by atoms with van der Waals surface area (Å²) in [6, 6.07) is 4.81. The minimum absolute atomic E-state index is 0.238. The van der Waals surface area contributed by atoms with Crippen LogP contribution in [0.4, 0.5) is 0 Å². The lowest BCUT2D eigenvalue weighted by Gasteiger charge is -2.04. The Kier molecular flexibility index (Phi) is 3.59. The lowest BCUT2D eigenvalue weighted by atomic mass is 10.3. The molecule has 0 radical (unpaired) electrons. The van der Waals surface area contributed by atoms with Crippen LogP contribution in [0.3, 0.4) is 0 Å². The van der Waals surface area contributed by atoms with Crippen molar-refractivity contribution in [2.45, 2.75) is 0 Å². The van der Waals surface area contributed by atoms with E-state index in [1.54, 1.807) is 18.2 Å². The van der Waals surface area contributed by atoms with Gasteiger partial charge in [-0.2, -0.15) is 4.68 Å². The van der Waals surface area contributed by atoms with Gasteiger partial charge in [-0.25, -0.2) is 4.79 Å². The van der Waals surface area contributed by atoms with Crippen LogP contribution in [-0.4, -0.2) is 31.3 Å². The first-order valence-corrected chi connectivity index (χ1v) is 5.48. The van der Waals surface area contributed by atoms with Crippen molar-refractivity contribution in [2.75, 3.05) is 0 Å². The molecule has 0 aliphatic heterocycles. The van der Waals surface area contributed by atoms with Crippen molar-refractivity contribution in [3.8, 4) is 5.69 Å². The summed E-state index contributed by atoms with van der Waals surface area (Å²) in [5, 5.41) is 20.3. The van der Waals surface area contributed by atoms with Crippen molar-refractivity contribution in [1.29, 1.82) is 0 Å². The Morgan fingerprint density at radius 1 is 1.39 bits per heavy atom. The Morgan fingerprint density at radius 3 is 2.89 bits per heavy atom. The van der Waals surface area contributed by atoms with Gasteiger partial charge >= 0.3 is 5.97 Å². The predicted octanol–water partition coefficient (Wildman–Crippen LogP) is 2.07. The molecule has 0 atom stereocenters. The Bertz CT molecular complexity index is 624. The van der Waals surface area contributed by atoms with E-state index in [0.717, 1.165) is 6.08 Å². The van der Waals surface area contributed by atoms with Gasteiger partial charge in [0.2, 0.25) is 0 Å². The van der Waals surface area contributed by atoms with E-state index >= 15 is 0 Å². The van der Waals surface area contributed by atoms with Crippen LogP contribution in [0, 0.1) is 0 Å².